The number of nitrogens with zero attached hydrogens (tertiary/aromatic N) is 1. The van der Waals surface area contributed by atoms with Crippen molar-refractivity contribution >= 4 is 11.7 Å². The van der Waals surface area contributed by atoms with E-state index in [-0.39, 0.29) is 5.91 Å². The molecule has 5 heteroatoms. The van der Waals surface area contributed by atoms with E-state index in [0.29, 0.717) is 16.8 Å². The first kappa shape index (κ1) is 9.69. The van der Waals surface area contributed by atoms with Crippen molar-refractivity contribution in [2.45, 2.75) is 25.7 Å². The fourth-order valence-corrected chi connectivity index (χ4v) is 2.41. The first-order chi connectivity index (χ1) is 7.71. The fraction of sp³-hybridized carbons (Fsp3) is 0.636. The van der Waals surface area contributed by atoms with Crippen molar-refractivity contribution in [1.82, 2.24) is 15.5 Å². The number of anilines is 1. The second-order valence-electron chi connectivity index (χ2n) is 5.02. The molecule has 2 aliphatic carbocycles. The zero-order chi connectivity index (χ0) is 11.2. The number of nitrogen functional groups attached to an aromatic ring is 1. The number of aromatic amines is 1. The Kier molecular flexibility index (Phi) is 1.96. The summed E-state index contributed by atoms with van der Waals surface area (Å²) in [5.74, 6) is 1.08. The van der Waals surface area contributed by atoms with Gasteiger partial charge in [0.05, 0.1) is 6.20 Å². The Morgan fingerprint density at radius 1 is 1.62 bits per heavy atom. The number of aromatic nitrogens is 2. The van der Waals surface area contributed by atoms with Crippen LogP contribution in [0.3, 0.4) is 0 Å². The van der Waals surface area contributed by atoms with E-state index in [1.165, 1.54) is 31.9 Å². The summed E-state index contributed by atoms with van der Waals surface area (Å²) in [4.78, 5) is 11.8. The van der Waals surface area contributed by atoms with Crippen molar-refractivity contribution in [1.29, 1.82) is 0 Å². The zero-order valence-corrected chi connectivity index (χ0v) is 9.12. The topological polar surface area (TPSA) is 83.8 Å². The lowest BCUT2D eigenvalue weighted by Gasteiger charge is -2.14. The van der Waals surface area contributed by atoms with E-state index in [9.17, 15) is 4.79 Å². The van der Waals surface area contributed by atoms with Gasteiger partial charge in [-0.15, -0.1) is 0 Å². The van der Waals surface area contributed by atoms with Gasteiger partial charge < -0.3 is 11.1 Å². The van der Waals surface area contributed by atoms with E-state index in [2.05, 4.69) is 15.5 Å². The summed E-state index contributed by atoms with van der Waals surface area (Å²) >= 11 is 0. The summed E-state index contributed by atoms with van der Waals surface area (Å²) in [6.07, 6.45) is 6.67. The minimum Gasteiger partial charge on any atom is -0.383 e. The number of nitrogens with one attached hydrogen (secondary N) is 2. The molecule has 4 N–H and O–H groups in total. The first-order valence-corrected chi connectivity index (χ1v) is 5.78. The Bertz CT molecular complexity index is 417. The SMILES string of the molecule is Nc1[nH]ncc1C(=O)NCC1(C2CC2)CC1. The Hall–Kier alpha value is -1.52. The average Bonchev–Trinajstić information content (AvgIpc) is 3.14. The van der Waals surface area contributed by atoms with Crippen LogP contribution in [0.1, 0.15) is 36.0 Å². The molecule has 1 aromatic rings. The average molecular weight is 220 g/mol. The zero-order valence-electron chi connectivity index (χ0n) is 9.12. The van der Waals surface area contributed by atoms with Crippen molar-refractivity contribution in [3.05, 3.63) is 11.8 Å². The molecule has 0 unspecified atom stereocenters. The van der Waals surface area contributed by atoms with Gasteiger partial charge in [-0.05, 0) is 37.0 Å². The van der Waals surface area contributed by atoms with Crippen molar-refractivity contribution in [3.63, 3.8) is 0 Å². The molecule has 1 heterocycles. The van der Waals surface area contributed by atoms with E-state index in [0.717, 1.165) is 12.5 Å². The van der Waals surface area contributed by atoms with Crippen LogP contribution in [-0.4, -0.2) is 22.6 Å². The van der Waals surface area contributed by atoms with Gasteiger partial charge in [0.2, 0.25) is 0 Å². The van der Waals surface area contributed by atoms with Gasteiger partial charge in [0.1, 0.15) is 11.4 Å². The van der Waals surface area contributed by atoms with Gasteiger partial charge in [-0.3, -0.25) is 9.89 Å². The van der Waals surface area contributed by atoms with Gasteiger partial charge in [-0.2, -0.15) is 5.10 Å². The van der Waals surface area contributed by atoms with Crippen LogP contribution >= 0.6 is 0 Å². The Balaban J connectivity index is 1.59. The molecule has 0 atom stereocenters. The quantitative estimate of drug-likeness (QED) is 0.705. The summed E-state index contributed by atoms with van der Waals surface area (Å²) in [7, 11) is 0. The van der Waals surface area contributed by atoms with Crippen LogP contribution in [0.5, 0.6) is 0 Å². The molecule has 16 heavy (non-hydrogen) atoms. The van der Waals surface area contributed by atoms with Gasteiger partial charge in [-0.25, -0.2) is 0 Å². The molecule has 0 saturated heterocycles. The summed E-state index contributed by atoms with van der Waals surface area (Å²) < 4.78 is 0. The molecule has 5 nitrogen and oxygen atoms in total. The molecular weight excluding hydrogens is 204 g/mol. The molecular formula is C11H16N4O. The summed E-state index contributed by atoms with van der Waals surface area (Å²) in [6.45, 7) is 0.793. The highest BCUT2D eigenvalue weighted by Crippen LogP contribution is 2.60. The van der Waals surface area contributed by atoms with Crippen molar-refractivity contribution in [2.75, 3.05) is 12.3 Å². The largest absolute Gasteiger partial charge is 0.383 e. The number of hydrogen-bond acceptors (Lipinski definition) is 3. The van der Waals surface area contributed by atoms with Crippen LogP contribution in [0.2, 0.25) is 0 Å². The van der Waals surface area contributed by atoms with E-state index in [1.807, 2.05) is 0 Å². The predicted molar refractivity (Wildman–Crippen MR) is 59.7 cm³/mol. The van der Waals surface area contributed by atoms with Gasteiger partial charge in [0.15, 0.2) is 0 Å². The molecule has 1 aromatic heterocycles. The van der Waals surface area contributed by atoms with Gasteiger partial charge >= 0.3 is 0 Å². The van der Waals surface area contributed by atoms with Gasteiger partial charge in [0, 0.05) is 6.54 Å². The van der Waals surface area contributed by atoms with Crippen molar-refractivity contribution in [2.24, 2.45) is 11.3 Å². The maximum absolute atomic E-state index is 11.8. The maximum Gasteiger partial charge on any atom is 0.256 e. The number of carbonyl (C=O) groups is 1. The van der Waals surface area contributed by atoms with Crippen molar-refractivity contribution in [3.8, 4) is 0 Å². The first-order valence-electron chi connectivity index (χ1n) is 5.78. The van der Waals surface area contributed by atoms with Crippen LogP contribution in [0.15, 0.2) is 6.20 Å². The highest BCUT2D eigenvalue weighted by molar-refractivity contribution is 5.98. The smallest absolute Gasteiger partial charge is 0.256 e. The normalized spacial score (nSPS) is 21.8. The van der Waals surface area contributed by atoms with Crippen LogP contribution in [-0.2, 0) is 0 Å². The lowest BCUT2D eigenvalue weighted by molar-refractivity contribution is 0.0943. The van der Waals surface area contributed by atoms with E-state index in [1.54, 1.807) is 0 Å². The number of amides is 1. The molecule has 86 valence electrons. The lowest BCUT2D eigenvalue weighted by atomic mass is 10.0. The van der Waals surface area contributed by atoms with E-state index >= 15 is 0 Å². The number of nitrogens with two attached hydrogens (primary N) is 1. The van der Waals surface area contributed by atoms with Crippen LogP contribution in [0, 0.1) is 11.3 Å². The number of rotatable bonds is 4. The molecule has 2 fully saturated rings. The number of H-pyrrole nitrogens is 1. The third-order valence-corrected chi connectivity index (χ3v) is 3.85. The summed E-state index contributed by atoms with van der Waals surface area (Å²) in [5.41, 5.74) is 6.46. The van der Waals surface area contributed by atoms with Crippen molar-refractivity contribution < 1.29 is 4.79 Å². The molecule has 3 rings (SSSR count). The van der Waals surface area contributed by atoms with Gasteiger partial charge in [-0.1, -0.05) is 0 Å². The molecule has 0 radical (unpaired) electrons. The van der Waals surface area contributed by atoms with Crippen LogP contribution in [0.25, 0.3) is 0 Å². The molecule has 0 aliphatic heterocycles. The summed E-state index contributed by atoms with van der Waals surface area (Å²) in [5, 5.41) is 9.27. The molecule has 1 amide bonds. The minimum absolute atomic E-state index is 0.113. The second kappa shape index (κ2) is 3.23. The van der Waals surface area contributed by atoms with Gasteiger partial charge in [0.25, 0.3) is 5.91 Å². The second-order valence-corrected chi connectivity index (χ2v) is 5.02. The fourth-order valence-electron chi connectivity index (χ4n) is 2.41. The third kappa shape index (κ3) is 1.56. The monoisotopic (exact) mass is 220 g/mol. The molecule has 2 saturated carbocycles. The Morgan fingerprint density at radius 3 is 2.88 bits per heavy atom. The minimum atomic E-state index is -0.113. The third-order valence-electron chi connectivity index (χ3n) is 3.85. The standard InChI is InChI=1S/C11H16N4O/c12-9-8(5-14-15-9)10(16)13-6-11(3-4-11)7-1-2-7/h5,7H,1-4,6H2,(H,13,16)(H3,12,14,15). The number of hydrogen-bond donors (Lipinski definition) is 3. The predicted octanol–water partition coefficient (Wildman–Crippen LogP) is 0.912. The Morgan fingerprint density at radius 2 is 2.38 bits per heavy atom. The van der Waals surface area contributed by atoms with E-state index < -0.39 is 0 Å². The summed E-state index contributed by atoms with van der Waals surface area (Å²) in [6, 6.07) is 0. The molecule has 0 bridgehead atoms. The van der Waals surface area contributed by atoms with E-state index in [4.69, 9.17) is 5.73 Å². The Labute approximate surface area is 93.8 Å². The lowest BCUT2D eigenvalue weighted by Crippen LogP contribution is -2.31. The highest BCUT2D eigenvalue weighted by atomic mass is 16.1. The highest BCUT2D eigenvalue weighted by Gasteiger charge is 2.53. The maximum atomic E-state index is 11.8. The molecule has 2 aliphatic rings. The molecule has 0 aromatic carbocycles. The van der Waals surface area contributed by atoms with Crippen LogP contribution < -0.4 is 11.1 Å². The molecule has 0 spiro atoms. The number of carbonyl (C=O) groups excluding carboxylic acids is 1. The van der Waals surface area contributed by atoms with Crippen LogP contribution in [0.4, 0.5) is 5.82 Å².